The molecule has 0 saturated heterocycles. The quantitative estimate of drug-likeness (QED) is 0.431. The van der Waals surface area contributed by atoms with E-state index in [1.54, 1.807) is 27.0 Å². The maximum Gasteiger partial charge on any atom is 0.259 e. The van der Waals surface area contributed by atoms with Crippen LogP contribution in [0.1, 0.15) is 46.1 Å². The molecule has 160 valence electrons. The highest BCUT2D eigenvalue weighted by molar-refractivity contribution is 6.07. The summed E-state index contributed by atoms with van der Waals surface area (Å²) in [6, 6.07) is 6.63. The summed E-state index contributed by atoms with van der Waals surface area (Å²) in [6.45, 7) is 7.12. The zero-order valence-electron chi connectivity index (χ0n) is 17.8. The minimum Gasteiger partial charge on any atom is -0.466 e. The Kier molecular flexibility index (Phi) is 5.08. The lowest BCUT2D eigenvalue weighted by molar-refractivity contribution is 0.0744. The van der Waals surface area contributed by atoms with Crippen molar-refractivity contribution >= 4 is 17.0 Å². The molecule has 0 fully saturated rings. The monoisotopic (exact) mass is 425 g/mol. The average Bonchev–Trinajstić information content (AvgIpc) is 3.29. The Morgan fingerprint density at radius 2 is 1.84 bits per heavy atom. The van der Waals surface area contributed by atoms with Crippen LogP contribution in [-0.2, 0) is 0 Å². The molecule has 4 rings (SSSR count). The number of pyridine rings is 1. The van der Waals surface area contributed by atoms with Gasteiger partial charge < -0.3 is 13.8 Å². The Labute approximate surface area is 177 Å². The lowest BCUT2D eigenvalue weighted by Gasteiger charge is -2.26. The van der Waals surface area contributed by atoms with Gasteiger partial charge in [0.25, 0.3) is 11.6 Å². The number of rotatable bonds is 4. The molecule has 0 N–H and O–H groups in total. The number of carbonyl (C=O) groups excluding carboxylic acids is 1. The number of aromatic nitrogens is 2. The van der Waals surface area contributed by atoms with Gasteiger partial charge in [-0.2, -0.15) is 0 Å². The second kappa shape index (κ2) is 7.61. The second-order valence-corrected chi connectivity index (χ2v) is 7.60. The summed E-state index contributed by atoms with van der Waals surface area (Å²) in [6.07, 6.45) is 0. The third-order valence-corrected chi connectivity index (χ3v) is 5.49. The molecule has 6 nitrogen and oxygen atoms in total. The van der Waals surface area contributed by atoms with Crippen LogP contribution in [0.2, 0.25) is 0 Å². The van der Waals surface area contributed by atoms with Gasteiger partial charge in [0, 0.05) is 12.6 Å². The molecule has 8 heteroatoms. The predicted molar refractivity (Wildman–Crippen MR) is 111 cm³/mol. The van der Waals surface area contributed by atoms with E-state index in [9.17, 15) is 13.6 Å². The normalized spacial score (nSPS) is 12.4. The van der Waals surface area contributed by atoms with E-state index in [2.05, 4.69) is 10.1 Å². The molecule has 1 atom stereocenters. The molecule has 0 bridgehead atoms. The van der Waals surface area contributed by atoms with Crippen LogP contribution < -0.4 is 0 Å². The van der Waals surface area contributed by atoms with Crippen molar-refractivity contribution in [2.45, 2.75) is 33.7 Å². The molecular formula is C23H21F2N3O3. The van der Waals surface area contributed by atoms with E-state index >= 15 is 0 Å². The van der Waals surface area contributed by atoms with Gasteiger partial charge in [0.15, 0.2) is 11.6 Å². The highest BCUT2D eigenvalue weighted by Crippen LogP contribution is 2.32. The molecule has 0 aliphatic rings. The molecule has 31 heavy (non-hydrogen) atoms. The fraction of sp³-hybridized carbons (Fsp3) is 0.261. The summed E-state index contributed by atoms with van der Waals surface area (Å²) >= 11 is 0. The number of furan rings is 1. The van der Waals surface area contributed by atoms with E-state index in [1.165, 1.54) is 11.0 Å². The van der Waals surface area contributed by atoms with E-state index in [-0.39, 0.29) is 11.6 Å². The number of aryl methyl sites for hydroxylation is 3. The fourth-order valence-electron chi connectivity index (χ4n) is 3.65. The number of fused-ring (bicyclic) bond motifs is 1. The predicted octanol–water partition coefficient (Wildman–Crippen LogP) is 5.52. The summed E-state index contributed by atoms with van der Waals surface area (Å²) < 4.78 is 38.0. The van der Waals surface area contributed by atoms with Crippen molar-refractivity contribution in [3.63, 3.8) is 0 Å². The van der Waals surface area contributed by atoms with Crippen LogP contribution in [0, 0.1) is 32.4 Å². The Hall–Kier alpha value is -3.55. The molecule has 0 spiro atoms. The van der Waals surface area contributed by atoms with E-state index in [0.717, 1.165) is 23.5 Å². The van der Waals surface area contributed by atoms with Crippen molar-refractivity contribution in [1.82, 2.24) is 15.0 Å². The maximum atomic E-state index is 13.7. The summed E-state index contributed by atoms with van der Waals surface area (Å²) in [5.41, 5.74) is 2.88. The number of hydrogen-bond donors (Lipinski definition) is 0. The lowest BCUT2D eigenvalue weighted by Crippen LogP contribution is -2.30. The number of halogens is 2. The largest absolute Gasteiger partial charge is 0.466 e. The Morgan fingerprint density at radius 1 is 1.10 bits per heavy atom. The highest BCUT2D eigenvalue weighted by Gasteiger charge is 2.26. The zero-order valence-corrected chi connectivity index (χ0v) is 17.8. The molecular weight excluding hydrogens is 404 g/mol. The Bertz CT molecular complexity index is 1310. The van der Waals surface area contributed by atoms with Gasteiger partial charge in [-0.25, -0.2) is 13.8 Å². The molecule has 0 aliphatic carbocycles. The second-order valence-electron chi connectivity index (χ2n) is 7.60. The number of carbonyl (C=O) groups is 1. The molecule has 1 unspecified atom stereocenters. The molecule has 1 aromatic carbocycles. The molecule has 0 saturated carbocycles. The van der Waals surface area contributed by atoms with Crippen LogP contribution in [0.3, 0.4) is 0 Å². The topological polar surface area (TPSA) is 72.4 Å². The smallest absolute Gasteiger partial charge is 0.259 e. The van der Waals surface area contributed by atoms with Gasteiger partial charge in [0.2, 0.25) is 0 Å². The number of hydrogen-bond acceptors (Lipinski definition) is 5. The molecule has 1 amide bonds. The van der Waals surface area contributed by atoms with Crippen LogP contribution in [0.15, 0.2) is 39.3 Å². The minimum atomic E-state index is -0.959. The first kappa shape index (κ1) is 20.7. The molecule has 0 aliphatic heterocycles. The molecule has 0 radical (unpaired) electrons. The van der Waals surface area contributed by atoms with Crippen molar-refractivity contribution in [3.05, 3.63) is 70.3 Å². The summed E-state index contributed by atoms with van der Waals surface area (Å²) in [5, 5.41) is 4.47. The number of nitrogens with zero attached hydrogens (tertiary/aromatic N) is 3. The Balaban J connectivity index is 1.80. The van der Waals surface area contributed by atoms with Gasteiger partial charge in [-0.3, -0.25) is 4.79 Å². The van der Waals surface area contributed by atoms with Gasteiger partial charge in [0.05, 0.1) is 28.4 Å². The van der Waals surface area contributed by atoms with Gasteiger partial charge in [-0.1, -0.05) is 11.2 Å². The third-order valence-electron chi connectivity index (χ3n) is 5.49. The maximum absolute atomic E-state index is 13.7. The Morgan fingerprint density at radius 3 is 2.48 bits per heavy atom. The average molecular weight is 425 g/mol. The van der Waals surface area contributed by atoms with Crippen molar-refractivity contribution in [2.24, 2.45) is 0 Å². The van der Waals surface area contributed by atoms with Crippen molar-refractivity contribution in [3.8, 4) is 11.3 Å². The van der Waals surface area contributed by atoms with Gasteiger partial charge in [-0.15, -0.1) is 0 Å². The van der Waals surface area contributed by atoms with Gasteiger partial charge in [-0.05, 0) is 57.5 Å². The van der Waals surface area contributed by atoms with E-state index in [0.29, 0.717) is 33.7 Å². The molecule has 3 aromatic heterocycles. The number of benzene rings is 1. The highest BCUT2D eigenvalue weighted by atomic mass is 19.2. The van der Waals surface area contributed by atoms with E-state index in [4.69, 9.17) is 8.94 Å². The molecule has 4 aromatic rings. The minimum absolute atomic E-state index is 0.241. The van der Waals surface area contributed by atoms with E-state index in [1.807, 2.05) is 19.9 Å². The van der Waals surface area contributed by atoms with Crippen LogP contribution >= 0.6 is 0 Å². The first-order chi connectivity index (χ1) is 14.7. The van der Waals surface area contributed by atoms with Crippen molar-refractivity contribution in [1.29, 1.82) is 0 Å². The van der Waals surface area contributed by atoms with Gasteiger partial charge >= 0.3 is 0 Å². The van der Waals surface area contributed by atoms with Crippen LogP contribution in [-0.4, -0.2) is 28.0 Å². The summed E-state index contributed by atoms with van der Waals surface area (Å²) in [4.78, 5) is 19.5. The first-order valence-electron chi connectivity index (χ1n) is 9.74. The van der Waals surface area contributed by atoms with Crippen molar-refractivity contribution < 1.29 is 22.5 Å². The molecule has 3 heterocycles. The SMILES string of the molecule is Cc1cc(-c2cc(C(=O)N(C)C(C)c3ccc(F)c(F)c3)c3c(C)noc3n2)c(C)o1. The van der Waals surface area contributed by atoms with Crippen LogP contribution in [0.4, 0.5) is 8.78 Å². The summed E-state index contributed by atoms with van der Waals surface area (Å²) in [7, 11) is 1.61. The first-order valence-corrected chi connectivity index (χ1v) is 9.74. The van der Waals surface area contributed by atoms with Crippen LogP contribution in [0.25, 0.3) is 22.4 Å². The number of amides is 1. The lowest BCUT2D eigenvalue weighted by atomic mass is 10.0. The fourth-order valence-corrected chi connectivity index (χ4v) is 3.65. The zero-order chi connectivity index (χ0) is 22.4. The van der Waals surface area contributed by atoms with Crippen molar-refractivity contribution in [2.75, 3.05) is 7.05 Å². The van der Waals surface area contributed by atoms with Crippen LogP contribution in [0.5, 0.6) is 0 Å². The standard InChI is InChI=1S/C23H21F2N3O3/c1-11-8-16(14(4)30-11)20-10-17(21-12(2)27-31-22(21)26-20)23(29)28(5)13(3)15-6-7-18(24)19(25)9-15/h6-10,13H,1-5H3. The third kappa shape index (κ3) is 3.58. The summed E-state index contributed by atoms with van der Waals surface area (Å²) in [5.74, 6) is -0.826. The van der Waals surface area contributed by atoms with E-state index < -0.39 is 17.7 Å². The van der Waals surface area contributed by atoms with Gasteiger partial charge in [0.1, 0.15) is 11.5 Å².